The number of carbonyl (C=O) groups excluding carboxylic acids is 2. The molecule has 2 N–H and O–H groups in total. The summed E-state index contributed by atoms with van der Waals surface area (Å²) >= 11 is 1.69. The van der Waals surface area contributed by atoms with Crippen LogP contribution in [-0.4, -0.2) is 29.4 Å². The second-order valence-electron chi connectivity index (χ2n) is 5.89. The SMILES string of the molecule is CC(=O)NC(C(=O)NCCCc1nc2ccccc2s1)C(C)C. The van der Waals surface area contributed by atoms with E-state index in [0.717, 1.165) is 23.4 Å². The molecule has 0 saturated carbocycles. The molecule has 0 aliphatic carbocycles. The minimum atomic E-state index is -0.477. The molecule has 1 atom stereocenters. The summed E-state index contributed by atoms with van der Waals surface area (Å²) in [5.74, 6) is -0.254. The number of nitrogens with one attached hydrogen (secondary N) is 2. The van der Waals surface area contributed by atoms with Crippen molar-refractivity contribution in [2.45, 2.75) is 39.7 Å². The summed E-state index contributed by atoms with van der Waals surface area (Å²) < 4.78 is 1.19. The van der Waals surface area contributed by atoms with Crippen LogP contribution in [0.25, 0.3) is 10.2 Å². The summed E-state index contributed by atoms with van der Waals surface area (Å²) in [6, 6.07) is 7.60. The fourth-order valence-electron chi connectivity index (χ4n) is 2.34. The van der Waals surface area contributed by atoms with Gasteiger partial charge in [-0.15, -0.1) is 11.3 Å². The van der Waals surface area contributed by atoms with E-state index in [4.69, 9.17) is 0 Å². The molecular weight excluding hydrogens is 310 g/mol. The Morgan fingerprint density at radius 1 is 1.26 bits per heavy atom. The lowest BCUT2D eigenvalue weighted by Crippen LogP contribution is -2.49. The van der Waals surface area contributed by atoms with E-state index in [1.54, 1.807) is 11.3 Å². The second-order valence-corrected chi connectivity index (χ2v) is 7.01. The number of hydrogen-bond acceptors (Lipinski definition) is 4. The summed E-state index contributed by atoms with van der Waals surface area (Å²) in [5.41, 5.74) is 1.03. The fourth-order valence-corrected chi connectivity index (χ4v) is 3.35. The topological polar surface area (TPSA) is 71.1 Å². The second kappa shape index (κ2) is 8.06. The van der Waals surface area contributed by atoms with Crippen LogP contribution in [0.4, 0.5) is 0 Å². The number of hydrogen-bond donors (Lipinski definition) is 2. The van der Waals surface area contributed by atoms with Crippen LogP contribution in [0.5, 0.6) is 0 Å². The molecule has 0 aliphatic rings. The first-order valence-corrected chi connectivity index (χ1v) is 8.68. The zero-order chi connectivity index (χ0) is 16.8. The van der Waals surface area contributed by atoms with E-state index < -0.39 is 6.04 Å². The molecule has 0 radical (unpaired) electrons. The van der Waals surface area contributed by atoms with Crippen molar-refractivity contribution >= 4 is 33.4 Å². The Labute approximate surface area is 140 Å². The van der Waals surface area contributed by atoms with Gasteiger partial charge in [-0.05, 0) is 24.5 Å². The van der Waals surface area contributed by atoms with Gasteiger partial charge in [0.25, 0.3) is 0 Å². The van der Waals surface area contributed by atoms with E-state index in [9.17, 15) is 9.59 Å². The minimum absolute atomic E-state index is 0.0585. The Morgan fingerprint density at radius 2 is 2.00 bits per heavy atom. The van der Waals surface area contributed by atoms with Gasteiger partial charge in [-0.25, -0.2) is 4.98 Å². The van der Waals surface area contributed by atoms with E-state index in [-0.39, 0.29) is 17.7 Å². The third-order valence-corrected chi connectivity index (χ3v) is 4.61. The number of aryl methyl sites for hydroxylation is 1. The number of para-hydroxylation sites is 1. The average molecular weight is 333 g/mol. The zero-order valence-electron chi connectivity index (χ0n) is 13.8. The van der Waals surface area contributed by atoms with Crippen molar-refractivity contribution in [1.82, 2.24) is 15.6 Å². The molecule has 124 valence electrons. The highest BCUT2D eigenvalue weighted by Crippen LogP contribution is 2.22. The summed E-state index contributed by atoms with van der Waals surface area (Å²) in [7, 11) is 0. The molecule has 2 amide bonds. The van der Waals surface area contributed by atoms with E-state index in [1.807, 2.05) is 32.0 Å². The highest BCUT2D eigenvalue weighted by atomic mass is 32.1. The molecule has 1 aromatic heterocycles. The molecule has 6 heteroatoms. The number of aromatic nitrogens is 1. The number of carbonyl (C=O) groups is 2. The van der Waals surface area contributed by atoms with Gasteiger partial charge < -0.3 is 10.6 Å². The highest BCUT2D eigenvalue weighted by molar-refractivity contribution is 7.18. The number of amides is 2. The molecule has 2 rings (SSSR count). The predicted molar refractivity (Wildman–Crippen MR) is 93.4 cm³/mol. The van der Waals surface area contributed by atoms with E-state index in [2.05, 4.69) is 21.7 Å². The van der Waals surface area contributed by atoms with Crippen molar-refractivity contribution in [3.63, 3.8) is 0 Å². The lowest BCUT2D eigenvalue weighted by molar-refractivity contribution is -0.129. The monoisotopic (exact) mass is 333 g/mol. The number of nitrogens with zero attached hydrogens (tertiary/aromatic N) is 1. The molecule has 0 aliphatic heterocycles. The molecule has 0 bridgehead atoms. The minimum Gasteiger partial charge on any atom is -0.354 e. The third-order valence-electron chi connectivity index (χ3n) is 3.51. The Bertz CT molecular complexity index is 648. The lowest BCUT2D eigenvalue weighted by Gasteiger charge is -2.20. The molecule has 1 unspecified atom stereocenters. The zero-order valence-corrected chi connectivity index (χ0v) is 14.6. The Hall–Kier alpha value is -1.95. The molecule has 5 nitrogen and oxygen atoms in total. The van der Waals surface area contributed by atoms with Crippen molar-refractivity contribution in [2.24, 2.45) is 5.92 Å². The first-order valence-electron chi connectivity index (χ1n) is 7.86. The largest absolute Gasteiger partial charge is 0.354 e. The van der Waals surface area contributed by atoms with E-state index in [0.29, 0.717) is 6.54 Å². The van der Waals surface area contributed by atoms with Gasteiger partial charge in [0.1, 0.15) is 6.04 Å². The van der Waals surface area contributed by atoms with Crippen molar-refractivity contribution < 1.29 is 9.59 Å². The first-order chi connectivity index (χ1) is 11.0. The van der Waals surface area contributed by atoms with Gasteiger partial charge in [-0.1, -0.05) is 26.0 Å². The molecule has 2 aromatic rings. The number of thiazole rings is 1. The normalized spacial score (nSPS) is 12.3. The van der Waals surface area contributed by atoms with Crippen LogP contribution >= 0.6 is 11.3 Å². The van der Waals surface area contributed by atoms with Crippen LogP contribution in [-0.2, 0) is 16.0 Å². The molecule has 1 aromatic carbocycles. The molecule has 1 heterocycles. The van der Waals surface area contributed by atoms with Gasteiger partial charge in [-0.3, -0.25) is 9.59 Å². The van der Waals surface area contributed by atoms with Crippen LogP contribution in [0, 0.1) is 5.92 Å². The third kappa shape index (κ3) is 5.03. The van der Waals surface area contributed by atoms with Crippen molar-refractivity contribution in [3.05, 3.63) is 29.3 Å². The van der Waals surface area contributed by atoms with Gasteiger partial charge in [-0.2, -0.15) is 0 Å². The molecule has 0 fully saturated rings. The molecule has 0 spiro atoms. The van der Waals surface area contributed by atoms with Gasteiger partial charge in [0, 0.05) is 19.9 Å². The average Bonchev–Trinajstić information content (AvgIpc) is 2.91. The van der Waals surface area contributed by atoms with Crippen LogP contribution in [0.15, 0.2) is 24.3 Å². The highest BCUT2D eigenvalue weighted by Gasteiger charge is 2.22. The van der Waals surface area contributed by atoms with Gasteiger partial charge in [0.2, 0.25) is 11.8 Å². The maximum atomic E-state index is 12.1. The standard InChI is InChI=1S/C17H23N3O2S/c1-11(2)16(19-12(3)21)17(22)18-10-6-9-15-20-13-7-4-5-8-14(13)23-15/h4-5,7-8,11,16H,6,9-10H2,1-3H3,(H,18,22)(H,19,21). The van der Waals surface area contributed by atoms with Gasteiger partial charge in [0.15, 0.2) is 0 Å². The quantitative estimate of drug-likeness (QED) is 0.765. The van der Waals surface area contributed by atoms with Crippen molar-refractivity contribution in [1.29, 1.82) is 0 Å². The van der Waals surface area contributed by atoms with Gasteiger partial charge >= 0.3 is 0 Å². The molecule has 0 saturated heterocycles. The Morgan fingerprint density at radius 3 is 2.65 bits per heavy atom. The van der Waals surface area contributed by atoms with Gasteiger partial charge in [0.05, 0.1) is 15.2 Å². The van der Waals surface area contributed by atoms with Crippen molar-refractivity contribution in [2.75, 3.05) is 6.54 Å². The van der Waals surface area contributed by atoms with Crippen LogP contribution in [0.2, 0.25) is 0 Å². The maximum Gasteiger partial charge on any atom is 0.242 e. The number of benzene rings is 1. The fraction of sp³-hybridized carbons (Fsp3) is 0.471. The Balaban J connectivity index is 1.79. The van der Waals surface area contributed by atoms with Crippen LogP contribution in [0.1, 0.15) is 32.2 Å². The first kappa shape index (κ1) is 17.4. The predicted octanol–water partition coefficient (Wildman–Crippen LogP) is 2.51. The van der Waals surface area contributed by atoms with Crippen LogP contribution in [0.3, 0.4) is 0 Å². The lowest BCUT2D eigenvalue weighted by atomic mass is 10.0. The smallest absolute Gasteiger partial charge is 0.242 e. The van der Waals surface area contributed by atoms with Crippen LogP contribution < -0.4 is 10.6 Å². The number of rotatable bonds is 7. The summed E-state index contributed by atoms with van der Waals surface area (Å²) in [6.45, 7) is 5.84. The Kier molecular flexibility index (Phi) is 6.10. The summed E-state index contributed by atoms with van der Waals surface area (Å²) in [5, 5.41) is 6.68. The van der Waals surface area contributed by atoms with E-state index in [1.165, 1.54) is 11.6 Å². The van der Waals surface area contributed by atoms with E-state index >= 15 is 0 Å². The molecule has 23 heavy (non-hydrogen) atoms. The molecular formula is C17H23N3O2S. The van der Waals surface area contributed by atoms with Crippen molar-refractivity contribution in [3.8, 4) is 0 Å². The summed E-state index contributed by atoms with van der Waals surface area (Å²) in [4.78, 5) is 27.9. The number of fused-ring (bicyclic) bond motifs is 1. The summed E-state index contributed by atoms with van der Waals surface area (Å²) in [6.07, 6.45) is 1.67. The maximum absolute atomic E-state index is 12.1.